The van der Waals surface area contributed by atoms with Gasteiger partial charge < -0.3 is 20.1 Å². The average molecular weight is 457 g/mol. The van der Waals surface area contributed by atoms with E-state index in [1.807, 2.05) is 13.8 Å². The summed E-state index contributed by atoms with van der Waals surface area (Å²) >= 11 is 0. The van der Waals surface area contributed by atoms with Crippen molar-refractivity contribution in [2.75, 3.05) is 18.9 Å². The number of rotatable bonds is 3. The summed E-state index contributed by atoms with van der Waals surface area (Å²) in [6.45, 7) is 4.59. The molecule has 0 unspecified atom stereocenters. The Hall–Kier alpha value is -3.33. The van der Waals surface area contributed by atoms with Gasteiger partial charge in [-0.05, 0) is 49.7 Å². The number of hydrogen-bond acceptors (Lipinski definition) is 5. The third-order valence-corrected chi connectivity index (χ3v) is 6.37. The largest absolute Gasteiger partial charge is 0.491 e. The van der Waals surface area contributed by atoms with Crippen molar-refractivity contribution in [2.45, 2.75) is 38.8 Å². The monoisotopic (exact) mass is 457 g/mol. The SMILES string of the molecule is CCN(C(=O)c1ccc2nc(N)c3c(c2c1)CO[C@@H]3C)[C@@H]1COc2cc(C(F)(F)F)ccc21. The molecular weight excluding hydrogens is 435 g/mol. The predicted octanol–water partition coefficient (Wildman–Crippen LogP) is 5.02. The van der Waals surface area contributed by atoms with Crippen molar-refractivity contribution in [1.29, 1.82) is 0 Å². The lowest BCUT2D eigenvalue weighted by Gasteiger charge is -2.27. The molecule has 2 aliphatic heterocycles. The molecule has 0 aliphatic carbocycles. The van der Waals surface area contributed by atoms with Gasteiger partial charge in [-0.25, -0.2) is 4.98 Å². The second-order valence-electron chi connectivity index (χ2n) is 8.24. The first-order valence-electron chi connectivity index (χ1n) is 10.7. The minimum Gasteiger partial charge on any atom is -0.491 e. The standard InChI is InChI=1S/C24H22F3N3O3/c1-3-30(19-11-33-20-9-14(24(25,26)27)5-6-15(19)20)23(31)13-4-7-18-16(8-13)17-10-32-12(2)21(17)22(28)29-18/h4-9,12,19H,3,10-11H2,1-2H3,(H2,28,29)/t12-,19-/m1/s1. The number of hydrogen-bond donors (Lipinski definition) is 1. The molecule has 2 N–H and O–H groups in total. The molecule has 2 aromatic carbocycles. The molecule has 6 nitrogen and oxygen atoms in total. The van der Waals surface area contributed by atoms with E-state index < -0.39 is 17.8 Å². The van der Waals surface area contributed by atoms with Gasteiger partial charge in [0, 0.05) is 28.6 Å². The van der Waals surface area contributed by atoms with E-state index in [0.717, 1.165) is 28.6 Å². The number of anilines is 1. The van der Waals surface area contributed by atoms with Crippen LogP contribution in [0, 0.1) is 0 Å². The van der Waals surface area contributed by atoms with Crippen LogP contribution >= 0.6 is 0 Å². The van der Waals surface area contributed by atoms with Crippen molar-refractivity contribution in [3.63, 3.8) is 0 Å². The van der Waals surface area contributed by atoms with Crippen molar-refractivity contribution < 1.29 is 27.4 Å². The van der Waals surface area contributed by atoms with Crippen LogP contribution in [0.2, 0.25) is 0 Å². The highest BCUT2D eigenvalue weighted by molar-refractivity contribution is 5.99. The summed E-state index contributed by atoms with van der Waals surface area (Å²) in [6, 6.07) is 8.16. The zero-order chi connectivity index (χ0) is 23.5. The molecule has 5 rings (SSSR count). The van der Waals surface area contributed by atoms with Gasteiger partial charge >= 0.3 is 6.18 Å². The second-order valence-corrected chi connectivity index (χ2v) is 8.24. The molecule has 0 saturated carbocycles. The maximum absolute atomic E-state index is 13.5. The van der Waals surface area contributed by atoms with Crippen molar-refractivity contribution in [3.8, 4) is 5.75 Å². The highest BCUT2D eigenvalue weighted by atomic mass is 19.4. The zero-order valence-electron chi connectivity index (χ0n) is 18.1. The molecule has 0 fully saturated rings. The number of nitrogens with zero attached hydrogens (tertiary/aromatic N) is 2. The first-order valence-corrected chi connectivity index (χ1v) is 10.7. The van der Waals surface area contributed by atoms with Crippen LogP contribution in [-0.4, -0.2) is 28.9 Å². The van der Waals surface area contributed by atoms with Gasteiger partial charge in [-0.2, -0.15) is 13.2 Å². The Morgan fingerprint density at radius 2 is 2.03 bits per heavy atom. The zero-order valence-corrected chi connectivity index (χ0v) is 18.1. The van der Waals surface area contributed by atoms with Crippen LogP contribution in [-0.2, 0) is 17.5 Å². The molecule has 1 amide bonds. The minimum absolute atomic E-state index is 0.0998. The van der Waals surface area contributed by atoms with Crippen LogP contribution in [0.1, 0.15) is 58.6 Å². The van der Waals surface area contributed by atoms with E-state index in [1.54, 1.807) is 23.1 Å². The summed E-state index contributed by atoms with van der Waals surface area (Å²) in [5.74, 6) is 0.344. The first kappa shape index (κ1) is 21.5. The summed E-state index contributed by atoms with van der Waals surface area (Å²) < 4.78 is 50.4. The predicted molar refractivity (Wildman–Crippen MR) is 116 cm³/mol. The smallest absolute Gasteiger partial charge is 0.416 e. The molecule has 2 atom stereocenters. The number of carbonyl (C=O) groups is 1. The molecule has 2 aliphatic rings. The second kappa shape index (κ2) is 7.62. The van der Waals surface area contributed by atoms with E-state index in [2.05, 4.69) is 4.98 Å². The van der Waals surface area contributed by atoms with E-state index in [-0.39, 0.29) is 24.4 Å². The minimum atomic E-state index is -4.46. The Bertz CT molecular complexity index is 1280. The molecule has 172 valence electrons. The summed E-state index contributed by atoms with van der Waals surface area (Å²) in [5.41, 5.74) is 8.81. The van der Waals surface area contributed by atoms with E-state index in [4.69, 9.17) is 15.2 Å². The molecule has 3 heterocycles. The lowest BCUT2D eigenvalue weighted by molar-refractivity contribution is -0.137. The number of carbonyl (C=O) groups excluding carboxylic acids is 1. The first-order chi connectivity index (χ1) is 15.7. The van der Waals surface area contributed by atoms with Gasteiger partial charge in [-0.3, -0.25) is 4.79 Å². The molecule has 0 spiro atoms. The van der Waals surface area contributed by atoms with Gasteiger partial charge in [0.2, 0.25) is 0 Å². The maximum atomic E-state index is 13.5. The maximum Gasteiger partial charge on any atom is 0.416 e. The van der Waals surface area contributed by atoms with Crippen molar-refractivity contribution >= 4 is 22.6 Å². The number of ether oxygens (including phenoxy) is 2. The molecule has 9 heteroatoms. The fraction of sp³-hybridized carbons (Fsp3) is 0.333. The number of nitrogen functional groups attached to an aromatic ring is 1. The van der Waals surface area contributed by atoms with Crippen LogP contribution in [0.5, 0.6) is 5.75 Å². The van der Waals surface area contributed by atoms with Gasteiger partial charge in [0.25, 0.3) is 5.91 Å². The topological polar surface area (TPSA) is 77.7 Å². The number of alkyl halides is 3. The van der Waals surface area contributed by atoms with Gasteiger partial charge in [-0.15, -0.1) is 0 Å². The van der Waals surface area contributed by atoms with Crippen LogP contribution in [0.3, 0.4) is 0 Å². The normalized spacial score (nSPS) is 19.3. The van der Waals surface area contributed by atoms with Crippen LogP contribution in [0.15, 0.2) is 36.4 Å². The molecule has 0 saturated heterocycles. The molecule has 3 aromatic rings. The molecule has 0 bridgehead atoms. The number of amides is 1. The lowest BCUT2D eigenvalue weighted by Crippen LogP contribution is -2.35. The van der Waals surface area contributed by atoms with E-state index in [0.29, 0.717) is 35.6 Å². The van der Waals surface area contributed by atoms with Crippen molar-refractivity contribution in [3.05, 3.63) is 64.2 Å². The molecule has 33 heavy (non-hydrogen) atoms. The Kier molecular flexibility index (Phi) is 4.97. The van der Waals surface area contributed by atoms with Crippen LogP contribution < -0.4 is 10.5 Å². The van der Waals surface area contributed by atoms with E-state index in [1.165, 1.54) is 6.07 Å². The van der Waals surface area contributed by atoms with Gasteiger partial charge in [-0.1, -0.05) is 6.07 Å². The average Bonchev–Trinajstić information content (AvgIpc) is 3.37. The summed E-state index contributed by atoms with van der Waals surface area (Å²) in [5, 5.41) is 0.809. The lowest BCUT2D eigenvalue weighted by atomic mass is 9.99. The van der Waals surface area contributed by atoms with Gasteiger partial charge in [0.05, 0.1) is 29.8 Å². The molecule has 1 aromatic heterocycles. The van der Waals surface area contributed by atoms with Crippen LogP contribution in [0.25, 0.3) is 10.9 Å². The Morgan fingerprint density at radius 1 is 1.24 bits per heavy atom. The van der Waals surface area contributed by atoms with Gasteiger partial charge in [0.1, 0.15) is 18.2 Å². The Balaban J connectivity index is 1.50. The van der Waals surface area contributed by atoms with E-state index in [9.17, 15) is 18.0 Å². The Labute approximate surface area is 188 Å². The number of nitrogens with two attached hydrogens (primary N) is 1. The highest BCUT2D eigenvalue weighted by Gasteiger charge is 2.36. The summed E-state index contributed by atoms with van der Waals surface area (Å²) in [6.07, 6.45) is -4.63. The summed E-state index contributed by atoms with van der Waals surface area (Å²) in [7, 11) is 0. The number of halogens is 3. The van der Waals surface area contributed by atoms with Gasteiger partial charge in [0.15, 0.2) is 0 Å². The third kappa shape index (κ3) is 3.47. The number of aromatic nitrogens is 1. The van der Waals surface area contributed by atoms with E-state index >= 15 is 0 Å². The quantitative estimate of drug-likeness (QED) is 0.598. The third-order valence-electron chi connectivity index (χ3n) is 6.37. The fourth-order valence-electron chi connectivity index (χ4n) is 4.70. The number of pyridine rings is 1. The highest BCUT2D eigenvalue weighted by Crippen LogP contribution is 2.41. The number of likely N-dealkylation sites (N-methyl/N-ethyl adjacent to an activating group) is 1. The Morgan fingerprint density at radius 3 is 2.76 bits per heavy atom. The van der Waals surface area contributed by atoms with Crippen molar-refractivity contribution in [2.24, 2.45) is 0 Å². The van der Waals surface area contributed by atoms with Crippen LogP contribution in [0.4, 0.5) is 19.0 Å². The van der Waals surface area contributed by atoms with Crippen molar-refractivity contribution in [1.82, 2.24) is 9.88 Å². The summed E-state index contributed by atoms with van der Waals surface area (Å²) in [4.78, 5) is 19.6. The fourth-order valence-corrected chi connectivity index (χ4v) is 4.70. The number of fused-ring (bicyclic) bond motifs is 4. The molecule has 0 radical (unpaired) electrons. The molecular formula is C24H22F3N3O3. The number of benzene rings is 2.